The number of fused-ring (bicyclic) bond motifs is 1. The van der Waals surface area contributed by atoms with Crippen LogP contribution < -0.4 is 4.74 Å². The molecule has 0 amide bonds. The van der Waals surface area contributed by atoms with E-state index in [1.807, 2.05) is 19.1 Å². The van der Waals surface area contributed by atoms with Gasteiger partial charge in [-0.1, -0.05) is 0 Å². The van der Waals surface area contributed by atoms with E-state index in [0.717, 1.165) is 42.1 Å². The molecule has 0 radical (unpaired) electrons. The highest BCUT2D eigenvalue weighted by Gasteiger charge is 2.13. The van der Waals surface area contributed by atoms with Crippen LogP contribution in [0.5, 0.6) is 5.75 Å². The van der Waals surface area contributed by atoms with Crippen LogP contribution in [0.4, 0.5) is 0 Å². The summed E-state index contributed by atoms with van der Waals surface area (Å²) in [6, 6.07) is 5.97. The van der Waals surface area contributed by atoms with Crippen molar-refractivity contribution in [1.29, 1.82) is 0 Å². The fourth-order valence-corrected chi connectivity index (χ4v) is 2.29. The fourth-order valence-electron chi connectivity index (χ4n) is 2.29. The van der Waals surface area contributed by atoms with E-state index in [2.05, 4.69) is 37.0 Å². The van der Waals surface area contributed by atoms with Gasteiger partial charge >= 0.3 is 0 Å². The predicted molar refractivity (Wildman–Crippen MR) is 82.4 cm³/mol. The average Bonchev–Trinajstić information content (AvgIpc) is 2.72. The third-order valence-corrected chi connectivity index (χ3v) is 3.56. The summed E-state index contributed by atoms with van der Waals surface area (Å²) in [6.45, 7) is 5.00. The van der Waals surface area contributed by atoms with Gasteiger partial charge in [-0.15, -0.1) is 0 Å². The van der Waals surface area contributed by atoms with Crippen LogP contribution >= 0.6 is 0 Å². The second-order valence-corrected chi connectivity index (χ2v) is 5.54. The van der Waals surface area contributed by atoms with Gasteiger partial charge in [0.05, 0.1) is 7.11 Å². The summed E-state index contributed by atoms with van der Waals surface area (Å²) in [5.41, 5.74) is 2.18. The molecule has 110 valence electrons. The molecular weight excluding hydrogens is 252 g/mol. The van der Waals surface area contributed by atoms with E-state index in [1.54, 1.807) is 7.11 Å². The van der Waals surface area contributed by atoms with E-state index in [1.165, 1.54) is 5.56 Å². The van der Waals surface area contributed by atoms with Crippen LogP contribution in [0.1, 0.15) is 11.3 Å². The van der Waals surface area contributed by atoms with Crippen LogP contribution in [-0.4, -0.2) is 51.1 Å². The topological polar surface area (TPSA) is 28.9 Å². The number of benzene rings is 1. The van der Waals surface area contributed by atoms with Gasteiger partial charge in [-0.25, -0.2) is 0 Å². The molecular formula is C16H24N2O2. The van der Waals surface area contributed by atoms with Gasteiger partial charge in [0.1, 0.15) is 17.1 Å². The Bertz CT molecular complexity index is 575. The van der Waals surface area contributed by atoms with Crippen LogP contribution in [0.3, 0.4) is 0 Å². The Morgan fingerprint density at radius 3 is 2.55 bits per heavy atom. The number of furan rings is 1. The lowest BCUT2D eigenvalue weighted by atomic mass is 10.1. The predicted octanol–water partition coefficient (Wildman–Crippen LogP) is 2.74. The zero-order valence-electron chi connectivity index (χ0n) is 13.1. The second kappa shape index (κ2) is 6.29. The minimum absolute atomic E-state index is 0.871. The molecule has 0 aliphatic heterocycles. The molecule has 4 nitrogen and oxygen atoms in total. The Labute approximate surface area is 120 Å². The molecule has 0 spiro atoms. The largest absolute Gasteiger partial charge is 0.497 e. The number of nitrogens with zero attached hydrogens (tertiary/aromatic N) is 2. The van der Waals surface area contributed by atoms with Gasteiger partial charge in [-0.3, -0.25) is 0 Å². The summed E-state index contributed by atoms with van der Waals surface area (Å²) in [4.78, 5) is 4.51. The summed E-state index contributed by atoms with van der Waals surface area (Å²) >= 11 is 0. The molecule has 1 aromatic heterocycles. The van der Waals surface area contributed by atoms with Crippen molar-refractivity contribution in [3.63, 3.8) is 0 Å². The number of hydrogen-bond donors (Lipinski definition) is 0. The van der Waals surface area contributed by atoms with Gasteiger partial charge in [0.25, 0.3) is 0 Å². The van der Waals surface area contributed by atoms with Crippen LogP contribution in [0.2, 0.25) is 0 Å². The van der Waals surface area contributed by atoms with Gasteiger partial charge < -0.3 is 19.0 Å². The van der Waals surface area contributed by atoms with Crippen LogP contribution in [0, 0.1) is 6.92 Å². The van der Waals surface area contributed by atoms with Gasteiger partial charge in [0.15, 0.2) is 0 Å². The second-order valence-electron chi connectivity index (χ2n) is 5.54. The highest BCUT2D eigenvalue weighted by atomic mass is 16.5. The van der Waals surface area contributed by atoms with E-state index >= 15 is 0 Å². The monoisotopic (exact) mass is 276 g/mol. The third-order valence-electron chi connectivity index (χ3n) is 3.56. The van der Waals surface area contributed by atoms with Gasteiger partial charge in [-0.2, -0.15) is 0 Å². The zero-order chi connectivity index (χ0) is 14.7. The van der Waals surface area contributed by atoms with Crippen molar-refractivity contribution in [2.75, 3.05) is 41.3 Å². The minimum Gasteiger partial charge on any atom is -0.497 e. The van der Waals surface area contributed by atoms with Crippen molar-refractivity contribution in [1.82, 2.24) is 9.80 Å². The first-order valence-electron chi connectivity index (χ1n) is 6.90. The molecule has 1 aromatic carbocycles. The summed E-state index contributed by atoms with van der Waals surface area (Å²) in [5, 5.41) is 1.15. The summed E-state index contributed by atoms with van der Waals surface area (Å²) < 4.78 is 11.1. The molecule has 0 bridgehead atoms. The van der Waals surface area contributed by atoms with Crippen molar-refractivity contribution >= 4 is 11.0 Å². The number of hydrogen-bond acceptors (Lipinski definition) is 4. The summed E-state index contributed by atoms with van der Waals surface area (Å²) in [6.07, 6.45) is 0. The third kappa shape index (κ3) is 3.32. The average molecular weight is 276 g/mol. The van der Waals surface area contributed by atoms with E-state index in [9.17, 15) is 0 Å². The molecule has 1 heterocycles. The molecule has 0 atom stereocenters. The SMILES string of the molecule is COc1ccc2oc(C)c(CN(C)CCN(C)C)c2c1. The molecule has 0 N–H and O–H groups in total. The first-order valence-corrected chi connectivity index (χ1v) is 6.90. The maximum atomic E-state index is 5.83. The van der Waals surface area contributed by atoms with Crippen molar-refractivity contribution in [2.45, 2.75) is 13.5 Å². The normalized spacial score (nSPS) is 11.8. The first-order chi connectivity index (χ1) is 9.51. The standard InChI is InChI=1S/C16H24N2O2/c1-12-15(11-18(4)9-8-17(2)3)14-10-13(19-5)6-7-16(14)20-12/h6-7,10H,8-9,11H2,1-5H3. The van der Waals surface area contributed by atoms with Crippen molar-refractivity contribution < 1.29 is 9.15 Å². The van der Waals surface area contributed by atoms with Crippen molar-refractivity contribution in [2.24, 2.45) is 0 Å². The molecule has 0 unspecified atom stereocenters. The Kier molecular flexibility index (Phi) is 4.68. The Balaban J connectivity index is 2.22. The minimum atomic E-state index is 0.871. The van der Waals surface area contributed by atoms with Crippen LogP contribution in [0.25, 0.3) is 11.0 Å². The first kappa shape index (κ1) is 14.9. The Hall–Kier alpha value is -1.52. The van der Waals surface area contributed by atoms with Crippen molar-refractivity contribution in [3.8, 4) is 5.75 Å². The maximum absolute atomic E-state index is 5.83. The van der Waals surface area contributed by atoms with Gasteiger partial charge in [0, 0.05) is 30.6 Å². The molecule has 0 saturated heterocycles. The number of likely N-dealkylation sites (N-methyl/N-ethyl adjacent to an activating group) is 2. The number of rotatable bonds is 6. The number of ether oxygens (including phenoxy) is 1. The number of methoxy groups -OCH3 is 1. The highest BCUT2D eigenvalue weighted by molar-refractivity contribution is 5.83. The van der Waals surface area contributed by atoms with E-state index in [4.69, 9.17) is 9.15 Å². The molecule has 0 fully saturated rings. The quantitative estimate of drug-likeness (QED) is 0.811. The van der Waals surface area contributed by atoms with E-state index in [-0.39, 0.29) is 0 Å². The summed E-state index contributed by atoms with van der Waals surface area (Å²) in [5.74, 6) is 1.86. The fraction of sp³-hybridized carbons (Fsp3) is 0.500. The van der Waals surface area contributed by atoms with E-state index < -0.39 is 0 Å². The zero-order valence-corrected chi connectivity index (χ0v) is 13.1. The lowest BCUT2D eigenvalue weighted by molar-refractivity contribution is 0.275. The van der Waals surface area contributed by atoms with Crippen molar-refractivity contribution in [3.05, 3.63) is 29.5 Å². The van der Waals surface area contributed by atoms with Gasteiger partial charge in [-0.05, 0) is 46.3 Å². The molecule has 20 heavy (non-hydrogen) atoms. The van der Waals surface area contributed by atoms with Gasteiger partial charge in [0.2, 0.25) is 0 Å². The lowest BCUT2D eigenvalue weighted by Crippen LogP contribution is -2.28. The van der Waals surface area contributed by atoms with Crippen LogP contribution in [0.15, 0.2) is 22.6 Å². The molecule has 0 aliphatic rings. The Morgan fingerprint density at radius 1 is 1.15 bits per heavy atom. The smallest absolute Gasteiger partial charge is 0.134 e. The highest BCUT2D eigenvalue weighted by Crippen LogP contribution is 2.29. The number of aryl methyl sites for hydroxylation is 1. The molecule has 4 heteroatoms. The molecule has 0 saturated carbocycles. The maximum Gasteiger partial charge on any atom is 0.134 e. The summed E-state index contributed by atoms with van der Waals surface area (Å²) in [7, 11) is 8.02. The van der Waals surface area contributed by atoms with Crippen LogP contribution in [-0.2, 0) is 6.54 Å². The van der Waals surface area contributed by atoms with E-state index in [0.29, 0.717) is 0 Å². The lowest BCUT2D eigenvalue weighted by Gasteiger charge is -2.19. The Morgan fingerprint density at radius 2 is 1.90 bits per heavy atom. The molecule has 2 rings (SSSR count). The molecule has 2 aromatic rings. The molecule has 0 aliphatic carbocycles.